The van der Waals surface area contributed by atoms with Gasteiger partial charge in [0.1, 0.15) is 5.25 Å². The van der Waals surface area contributed by atoms with Crippen molar-refractivity contribution in [2.75, 3.05) is 19.5 Å². The van der Waals surface area contributed by atoms with E-state index in [0.29, 0.717) is 18.0 Å². The number of rotatable bonds is 6. The van der Waals surface area contributed by atoms with E-state index >= 15 is 0 Å². The molecule has 158 valence electrons. The monoisotopic (exact) mass is 433 g/mol. The zero-order chi connectivity index (χ0) is 21.6. The van der Waals surface area contributed by atoms with E-state index in [4.69, 9.17) is 4.74 Å². The third-order valence-corrected chi connectivity index (χ3v) is 6.20. The first-order valence-electron chi connectivity index (χ1n) is 9.99. The van der Waals surface area contributed by atoms with Crippen molar-refractivity contribution in [3.05, 3.63) is 90.3 Å². The number of nitrogens with one attached hydrogen (secondary N) is 1. The molecule has 2 atom stereocenters. The van der Waals surface area contributed by atoms with Crippen LogP contribution in [-0.2, 0) is 9.53 Å². The molecule has 1 amide bonds. The van der Waals surface area contributed by atoms with Crippen molar-refractivity contribution < 1.29 is 14.3 Å². The van der Waals surface area contributed by atoms with Crippen LogP contribution in [0.1, 0.15) is 22.1 Å². The van der Waals surface area contributed by atoms with Gasteiger partial charge in [-0.3, -0.25) is 14.6 Å². The number of thioether (sulfide) groups is 1. The lowest BCUT2D eigenvalue weighted by atomic mass is 10.0. The quantitative estimate of drug-likeness (QED) is 0.472. The molecule has 0 bridgehead atoms. The Labute approximate surface area is 185 Å². The minimum Gasteiger partial charge on any atom is -0.436 e. The van der Waals surface area contributed by atoms with Crippen molar-refractivity contribution in [3.8, 4) is 11.1 Å². The lowest BCUT2D eigenvalue weighted by Crippen LogP contribution is -2.36. The van der Waals surface area contributed by atoms with E-state index in [2.05, 4.69) is 10.3 Å². The number of aromatic nitrogens is 1. The van der Waals surface area contributed by atoms with E-state index in [1.807, 2.05) is 54.6 Å². The van der Waals surface area contributed by atoms with Crippen LogP contribution in [0, 0.1) is 0 Å². The molecule has 0 aliphatic carbocycles. The van der Waals surface area contributed by atoms with Crippen LogP contribution in [0.15, 0.2) is 79.1 Å². The number of carbonyl (C=O) groups is 2. The fourth-order valence-electron chi connectivity index (χ4n) is 3.42. The topological polar surface area (TPSA) is 71.5 Å². The highest BCUT2D eigenvalue weighted by atomic mass is 32.2. The second kappa shape index (κ2) is 9.76. The van der Waals surface area contributed by atoms with Crippen LogP contribution >= 0.6 is 11.8 Å². The van der Waals surface area contributed by atoms with Gasteiger partial charge in [-0.1, -0.05) is 48.5 Å². The summed E-state index contributed by atoms with van der Waals surface area (Å²) in [4.78, 5) is 31.4. The molecule has 0 radical (unpaired) electrons. The van der Waals surface area contributed by atoms with E-state index in [9.17, 15) is 9.59 Å². The first-order chi connectivity index (χ1) is 15.1. The van der Waals surface area contributed by atoms with Gasteiger partial charge in [-0.25, -0.2) is 0 Å². The Morgan fingerprint density at radius 3 is 2.61 bits per heavy atom. The SMILES string of the molecule is CN(C(=O)c1cccnc1)C(OC(=O)C1CNCS1)c1cccc(-c2ccccc2)c1. The van der Waals surface area contributed by atoms with Crippen LogP contribution in [0.2, 0.25) is 0 Å². The average Bonchev–Trinajstić information content (AvgIpc) is 3.38. The molecule has 4 rings (SSSR count). The summed E-state index contributed by atoms with van der Waals surface area (Å²) in [7, 11) is 1.64. The van der Waals surface area contributed by atoms with E-state index in [-0.39, 0.29) is 17.1 Å². The van der Waals surface area contributed by atoms with Crippen molar-refractivity contribution in [2.24, 2.45) is 0 Å². The molecule has 7 heteroatoms. The Bertz CT molecular complexity index is 1040. The summed E-state index contributed by atoms with van der Waals surface area (Å²) in [5.74, 6) is 0.0995. The number of nitrogens with zero attached hydrogens (tertiary/aromatic N) is 2. The van der Waals surface area contributed by atoms with E-state index in [1.165, 1.54) is 22.9 Å². The molecule has 3 aromatic rings. The Hall–Kier alpha value is -3.16. The first kappa shape index (κ1) is 21.1. The molecule has 1 saturated heterocycles. The Morgan fingerprint density at radius 2 is 1.90 bits per heavy atom. The van der Waals surface area contributed by atoms with Crippen molar-refractivity contribution in [1.29, 1.82) is 0 Å². The van der Waals surface area contributed by atoms with Gasteiger partial charge in [0, 0.05) is 37.4 Å². The molecule has 1 aliphatic heterocycles. The lowest BCUT2D eigenvalue weighted by Gasteiger charge is -2.29. The van der Waals surface area contributed by atoms with E-state index in [1.54, 1.807) is 25.4 Å². The third-order valence-electron chi connectivity index (χ3n) is 5.07. The maximum absolute atomic E-state index is 13.1. The number of hydrogen-bond acceptors (Lipinski definition) is 6. The molecule has 1 N–H and O–H groups in total. The Morgan fingerprint density at radius 1 is 1.10 bits per heavy atom. The van der Waals surface area contributed by atoms with Crippen LogP contribution in [0.4, 0.5) is 0 Å². The summed E-state index contributed by atoms with van der Waals surface area (Å²) in [6, 6.07) is 21.1. The molecule has 31 heavy (non-hydrogen) atoms. The van der Waals surface area contributed by atoms with Gasteiger partial charge in [0.25, 0.3) is 5.91 Å². The number of benzene rings is 2. The molecule has 1 fully saturated rings. The summed E-state index contributed by atoms with van der Waals surface area (Å²) in [5, 5.41) is 2.86. The number of hydrogen-bond donors (Lipinski definition) is 1. The molecule has 1 aliphatic rings. The van der Waals surface area contributed by atoms with Gasteiger partial charge in [-0.2, -0.15) is 0 Å². The van der Waals surface area contributed by atoms with Gasteiger partial charge < -0.3 is 15.0 Å². The smallest absolute Gasteiger partial charge is 0.322 e. The van der Waals surface area contributed by atoms with Crippen LogP contribution in [0.3, 0.4) is 0 Å². The molecule has 2 heterocycles. The van der Waals surface area contributed by atoms with E-state index in [0.717, 1.165) is 16.7 Å². The largest absolute Gasteiger partial charge is 0.436 e. The maximum Gasteiger partial charge on any atom is 0.322 e. The van der Waals surface area contributed by atoms with Crippen LogP contribution < -0.4 is 5.32 Å². The van der Waals surface area contributed by atoms with Gasteiger partial charge >= 0.3 is 5.97 Å². The second-order valence-electron chi connectivity index (χ2n) is 7.19. The van der Waals surface area contributed by atoms with Crippen LogP contribution in [-0.4, -0.2) is 46.5 Å². The molecule has 0 saturated carbocycles. The minimum absolute atomic E-state index is 0.270. The minimum atomic E-state index is -0.856. The predicted molar refractivity (Wildman–Crippen MR) is 121 cm³/mol. The van der Waals surface area contributed by atoms with Crippen molar-refractivity contribution in [1.82, 2.24) is 15.2 Å². The predicted octanol–water partition coefficient (Wildman–Crippen LogP) is 3.73. The summed E-state index contributed by atoms with van der Waals surface area (Å²) in [5.41, 5.74) is 3.19. The number of pyridine rings is 1. The highest BCUT2D eigenvalue weighted by Gasteiger charge is 2.31. The third kappa shape index (κ3) is 4.95. The standard InChI is InChI=1S/C24H23N3O3S/c1-27(22(28)20-11-6-12-25-14-20)23(30-24(29)21-15-26-16-31-21)19-10-5-9-18(13-19)17-7-3-2-4-8-17/h2-14,21,23,26H,15-16H2,1H3. The van der Waals surface area contributed by atoms with Crippen molar-refractivity contribution in [2.45, 2.75) is 11.5 Å². The molecular formula is C24H23N3O3S. The molecular weight excluding hydrogens is 410 g/mol. The number of esters is 1. The van der Waals surface area contributed by atoms with Gasteiger partial charge in [-0.05, 0) is 29.3 Å². The lowest BCUT2D eigenvalue weighted by molar-refractivity contribution is -0.155. The summed E-state index contributed by atoms with van der Waals surface area (Å²) in [6.45, 7) is 0.556. The number of ether oxygens (including phenoxy) is 1. The Kier molecular flexibility index (Phi) is 6.64. The fourth-order valence-corrected chi connectivity index (χ4v) is 4.28. The van der Waals surface area contributed by atoms with Gasteiger partial charge in [0.15, 0.2) is 0 Å². The second-order valence-corrected chi connectivity index (χ2v) is 8.38. The van der Waals surface area contributed by atoms with Crippen LogP contribution in [0.5, 0.6) is 0 Å². The summed E-state index contributed by atoms with van der Waals surface area (Å²) >= 11 is 1.51. The molecule has 6 nitrogen and oxygen atoms in total. The highest BCUT2D eigenvalue weighted by molar-refractivity contribution is 8.00. The first-order valence-corrected chi connectivity index (χ1v) is 11.0. The number of amides is 1. The molecule has 1 aromatic heterocycles. The zero-order valence-electron chi connectivity index (χ0n) is 17.1. The normalized spacial score (nSPS) is 16.5. The Balaban J connectivity index is 1.66. The van der Waals surface area contributed by atoms with E-state index < -0.39 is 6.23 Å². The molecule has 2 unspecified atom stereocenters. The molecule has 0 spiro atoms. The highest BCUT2D eigenvalue weighted by Crippen LogP contribution is 2.29. The van der Waals surface area contributed by atoms with Gasteiger partial charge in [0.05, 0.1) is 5.56 Å². The van der Waals surface area contributed by atoms with Crippen molar-refractivity contribution in [3.63, 3.8) is 0 Å². The van der Waals surface area contributed by atoms with Crippen molar-refractivity contribution >= 4 is 23.6 Å². The number of carbonyl (C=O) groups excluding carboxylic acids is 2. The fraction of sp³-hybridized carbons (Fsp3) is 0.208. The zero-order valence-corrected chi connectivity index (χ0v) is 17.9. The average molecular weight is 434 g/mol. The summed E-state index contributed by atoms with van der Waals surface area (Å²) in [6.07, 6.45) is 2.27. The van der Waals surface area contributed by atoms with Crippen LogP contribution in [0.25, 0.3) is 11.1 Å². The summed E-state index contributed by atoms with van der Waals surface area (Å²) < 4.78 is 5.90. The van der Waals surface area contributed by atoms with Gasteiger partial charge in [-0.15, -0.1) is 11.8 Å². The maximum atomic E-state index is 13.1. The van der Waals surface area contributed by atoms with Gasteiger partial charge in [0.2, 0.25) is 6.23 Å². The molecule has 2 aromatic carbocycles.